The Bertz CT molecular complexity index is 828. The molecule has 3 rings (SSSR count). The van der Waals surface area contributed by atoms with Crippen molar-refractivity contribution in [3.8, 4) is 0 Å². The van der Waals surface area contributed by atoms with Crippen LogP contribution >= 0.6 is 15.9 Å². The lowest BCUT2D eigenvalue weighted by atomic mass is 10.2. The Morgan fingerprint density at radius 1 is 1.14 bits per heavy atom. The maximum absolute atomic E-state index is 13.1. The van der Waals surface area contributed by atoms with Crippen LogP contribution in [0.5, 0.6) is 0 Å². The number of benzene rings is 1. The number of nitrogens with zero attached hydrogens (tertiary/aromatic N) is 3. The molecule has 148 valence electrons. The van der Waals surface area contributed by atoms with Crippen molar-refractivity contribution in [2.24, 2.45) is 0 Å². The molecule has 0 saturated carbocycles. The van der Waals surface area contributed by atoms with Crippen molar-refractivity contribution >= 4 is 39.4 Å². The van der Waals surface area contributed by atoms with Crippen molar-refractivity contribution in [3.05, 3.63) is 52.9 Å². The first kappa shape index (κ1) is 20.1. The molecule has 1 aliphatic heterocycles. The van der Waals surface area contributed by atoms with Crippen LogP contribution in [0.1, 0.15) is 6.42 Å². The van der Waals surface area contributed by atoms with Crippen LogP contribution in [0.4, 0.5) is 20.7 Å². The third-order valence-electron chi connectivity index (χ3n) is 4.41. The van der Waals surface area contributed by atoms with Gasteiger partial charge in [-0.3, -0.25) is 4.79 Å². The average molecular weight is 450 g/mol. The molecule has 2 N–H and O–H groups in total. The van der Waals surface area contributed by atoms with Gasteiger partial charge in [-0.1, -0.05) is 6.07 Å². The highest BCUT2D eigenvalue weighted by atomic mass is 79.9. The van der Waals surface area contributed by atoms with Crippen LogP contribution in [-0.4, -0.2) is 54.5 Å². The molecule has 1 fully saturated rings. The van der Waals surface area contributed by atoms with Gasteiger partial charge in [0.05, 0.1) is 5.69 Å². The molecular weight excluding hydrogens is 429 g/mol. The lowest BCUT2D eigenvalue weighted by molar-refractivity contribution is -0.131. The third-order valence-corrected chi connectivity index (χ3v) is 5.07. The molecule has 0 atom stereocenters. The molecule has 1 aromatic carbocycles. The van der Waals surface area contributed by atoms with Gasteiger partial charge < -0.3 is 20.4 Å². The van der Waals surface area contributed by atoms with Crippen molar-refractivity contribution in [1.82, 2.24) is 15.2 Å². The third kappa shape index (κ3) is 5.41. The zero-order valence-electron chi connectivity index (χ0n) is 15.2. The quantitative estimate of drug-likeness (QED) is 0.735. The van der Waals surface area contributed by atoms with Crippen LogP contribution in [0.25, 0.3) is 0 Å². The summed E-state index contributed by atoms with van der Waals surface area (Å²) in [6.07, 6.45) is 1.98. The molecule has 7 nitrogen and oxygen atoms in total. The van der Waals surface area contributed by atoms with Crippen molar-refractivity contribution < 1.29 is 14.0 Å². The Labute approximate surface area is 171 Å². The number of halogens is 2. The molecule has 2 aromatic rings. The number of hydrogen-bond donors (Lipinski definition) is 2. The lowest BCUT2D eigenvalue weighted by Crippen LogP contribution is -2.49. The van der Waals surface area contributed by atoms with Crippen molar-refractivity contribution in [2.45, 2.75) is 6.42 Å². The average Bonchev–Trinajstić information content (AvgIpc) is 2.71. The maximum Gasteiger partial charge on any atom is 0.319 e. The number of pyridine rings is 1. The van der Waals surface area contributed by atoms with Crippen LogP contribution in [0.2, 0.25) is 0 Å². The van der Waals surface area contributed by atoms with Crippen molar-refractivity contribution in [2.75, 3.05) is 42.9 Å². The number of anilines is 2. The van der Waals surface area contributed by atoms with E-state index in [0.29, 0.717) is 23.2 Å². The van der Waals surface area contributed by atoms with E-state index in [1.807, 2.05) is 18.2 Å². The van der Waals surface area contributed by atoms with Crippen LogP contribution in [-0.2, 0) is 4.79 Å². The molecular formula is C19H21BrFN5O2. The number of nitrogens with one attached hydrogen (secondary N) is 2. The Kier molecular flexibility index (Phi) is 6.80. The van der Waals surface area contributed by atoms with Crippen LogP contribution in [0.3, 0.4) is 0 Å². The van der Waals surface area contributed by atoms with Gasteiger partial charge in [-0.2, -0.15) is 0 Å². The fourth-order valence-electron chi connectivity index (χ4n) is 2.92. The SMILES string of the molecule is O=C(NCCC(=O)N1CCN(c2ccccn2)CC1)Nc1ccc(F)cc1Br. The second-order valence-corrected chi connectivity index (χ2v) is 7.17. The molecule has 0 aliphatic carbocycles. The van der Waals surface area contributed by atoms with Gasteiger partial charge in [0.15, 0.2) is 0 Å². The summed E-state index contributed by atoms with van der Waals surface area (Å²) < 4.78 is 13.5. The summed E-state index contributed by atoms with van der Waals surface area (Å²) >= 11 is 3.19. The summed E-state index contributed by atoms with van der Waals surface area (Å²) in [7, 11) is 0. The first-order valence-corrected chi connectivity index (χ1v) is 9.76. The second kappa shape index (κ2) is 9.50. The first-order valence-electron chi connectivity index (χ1n) is 8.96. The van der Waals surface area contributed by atoms with Gasteiger partial charge in [0.2, 0.25) is 5.91 Å². The fraction of sp³-hybridized carbons (Fsp3) is 0.316. The van der Waals surface area contributed by atoms with E-state index in [2.05, 4.69) is 36.4 Å². The van der Waals surface area contributed by atoms with Gasteiger partial charge in [-0.15, -0.1) is 0 Å². The van der Waals surface area contributed by atoms with E-state index in [0.717, 1.165) is 18.9 Å². The number of carbonyl (C=O) groups excluding carboxylic acids is 2. The number of carbonyl (C=O) groups is 2. The molecule has 0 bridgehead atoms. The highest BCUT2D eigenvalue weighted by molar-refractivity contribution is 9.10. The number of amides is 3. The molecule has 28 heavy (non-hydrogen) atoms. The second-order valence-electron chi connectivity index (χ2n) is 6.31. The van der Waals surface area contributed by atoms with Crippen molar-refractivity contribution in [3.63, 3.8) is 0 Å². The van der Waals surface area contributed by atoms with E-state index in [1.165, 1.54) is 18.2 Å². The minimum atomic E-state index is -0.444. The number of piperazine rings is 1. The highest BCUT2D eigenvalue weighted by Crippen LogP contribution is 2.22. The van der Waals surface area contributed by atoms with Crippen LogP contribution in [0, 0.1) is 5.82 Å². The monoisotopic (exact) mass is 449 g/mol. The van der Waals surface area contributed by atoms with Gasteiger partial charge in [-0.25, -0.2) is 14.2 Å². The number of hydrogen-bond acceptors (Lipinski definition) is 4. The summed E-state index contributed by atoms with van der Waals surface area (Å²) in [5, 5.41) is 5.26. The molecule has 0 unspecified atom stereocenters. The van der Waals surface area contributed by atoms with E-state index >= 15 is 0 Å². The summed E-state index contributed by atoms with van der Waals surface area (Å²) in [6, 6.07) is 9.32. The summed E-state index contributed by atoms with van der Waals surface area (Å²) in [4.78, 5) is 32.6. The number of rotatable bonds is 5. The minimum absolute atomic E-state index is 0.00364. The van der Waals surface area contributed by atoms with Gasteiger partial charge >= 0.3 is 6.03 Å². The summed E-state index contributed by atoms with van der Waals surface area (Å²) in [5.41, 5.74) is 0.455. The van der Waals surface area contributed by atoms with Gasteiger partial charge in [-0.05, 0) is 46.3 Å². The molecule has 1 aliphatic rings. The molecule has 2 heterocycles. The number of urea groups is 1. The molecule has 0 radical (unpaired) electrons. The zero-order valence-corrected chi connectivity index (χ0v) is 16.8. The molecule has 3 amide bonds. The molecule has 9 heteroatoms. The van der Waals surface area contributed by atoms with E-state index in [4.69, 9.17) is 0 Å². The Balaban J connectivity index is 1.38. The first-order chi connectivity index (χ1) is 13.5. The van der Waals surface area contributed by atoms with Gasteiger partial charge in [0.25, 0.3) is 0 Å². The predicted molar refractivity (Wildman–Crippen MR) is 109 cm³/mol. The smallest absolute Gasteiger partial charge is 0.319 e. The van der Waals surface area contributed by atoms with Gasteiger partial charge in [0, 0.05) is 49.8 Å². The molecule has 0 spiro atoms. The fourth-order valence-corrected chi connectivity index (χ4v) is 3.37. The topological polar surface area (TPSA) is 77.6 Å². The van der Waals surface area contributed by atoms with Crippen LogP contribution in [0.15, 0.2) is 47.1 Å². The largest absolute Gasteiger partial charge is 0.353 e. The predicted octanol–water partition coefficient (Wildman–Crippen LogP) is 2.84. The van der Waals surface area contributed by atoms with Crippen molar-refractivity contribution in [1.29, 1.82) is 0 Å². The van der Waals surface area contributed by atoms with E-state index in [9.17, 15) is 14.0 Å². The normalized spacial score (nSPS) is 13.9. The highest BCUT2D eigenvalue weighted by Gasteiger charge is 2.21. The maximum atomic E-state index is 13.1. The van der Waals surface area contributed by atoms with E-state index in [-0.39, 0.29) is 18.9 Å². The molecule has 1 aromatic heterocycles. The van der Waals surface area contributed by atoms with Crippen LogP contribution < -0.4 is 15.5 Å². The van der Waals surface area contributed by atoms with E-state index in [1.54, 1.807) is 11.1 Å². The summed E-state index contributed by atoms with van der Waals surface area (Å²) in [6.45, 7) is 2.95. The molecule has 1 saturated heterocycles. The Hall–Kier alpha value is -2.68. The van der Waals surface area contributed by atoms with E-state index < -0.39 is 11.8 Å². The standard InChI is InChI=1S/C19H21BrFN5O2/c20-15-13-14(21)4-5-16(15)24-19(28)23-8-6-18(27)26-11-9-25(10-12-26)17-3-1-2-7-22-17/h1-5,7,13H,6,8-12H2,(H2,23,24,28). The zero-order chi connectivity index (χ0) is 19.9. The summed E-state index contributed by atoms with van der Waals surface area (Å²) in [5.74, 6) is 0.524. The van der Waals surface area contributed by atoms with Gasteiger partial charge in [0.1, 0.15) is 11.6 Å². The lowest BCUT2D eigenvalue weighted by Gasteiger charge is -2.35. The minimum Gasteiger partial charge on any atom is -0.353 e. The Morgan fingerprint density at radius 2 is 1.93 bits per heavy atom. The number of aromatic nitrogens is 1. The Morgan fingerprint density at radius 3 is 2.61 bits per heavy atom.